The number of aliphatic hydroxyl groups is 2. The van der Waals surface area contributed by atoms with Crippen molar-refractivity contribution in [3.63, 3.8) is 0 Å². The second-order valence-corrected chi connectivity index (χ2v) is 9.16. The van der Waals surface area contributed by atoms with Crippen LogP contribution < -0.4 is 0 Å². The van der Waals surface area contributed by atoms with Gasteiger partial charge in [-0.2, -0.15) is 0 Å². The fourth-order valence-corrected chi connectivity index (χ4v) is 5.89. The Balaban J connectivity index is 2.06. The van der Waals surface area contributed by atoms with Crippen molar-refractivity contribution in [2.45, 2.75) is 65.1 Å². The molecule has 6 nitrogen and oxygen atoms in total. The van der Waals surface area contributed by atoms with Crippen LogP contribution in [0.25, 0.3) is 0 Å². The third-order valence-corrected chi connectivity index (χ3v) is 6.95. The van der Waals surface area contributed by atoms with Crippen LogP contribution in [0.1, 0.15) is 53.9 Å². The highest BCUT2D eigenvalue weighted by molar-refractivity contribution is 6.36. The molecule has 2 fully saturated rings. The molecule has 1 saturated carbocycles. The maximum absolute atomic E-state index is 13.3. The average Bonchev–Trinajstić information content (AvgIpc) is 3.24. The number of ketones is 3. The topological polar surface area (TPSA) is 104 Å². The second-order valence-electron chi connectivity index (χ2n) is 9.16. The van der Waals surface area contributed by atoms with Crippen molar-refractivity contribution in [1.82, 2.24) is 0 Å². The summed E-state index contributed by atoms with van der Waals surface area (Å²) in [5, 5.41) is 21.3. The molecule has 0 amide bonds. The van der Waals surface area contributed by atoms with Gasteiger partial charge < -0.3 is 14.9 Å². The predicted octanol–water partition coefficient (Wildman–Crippen LogP) is 2.73. The summed E-state index contributed by atoms with van der Waals surface area (Å²) in [7, 11) is 0. The number of carbonyl (C=O) groups excluding carboxylic acids is 3. The number of hydrogen-bond acceptors (Lipinski definition) is 6. The summed E-state index contributed by atoms with van der Waals surface area (Å²) in [6, 6.07) is 0. The van der Waals surface area contributed by atoms with Gasteiger partial charge >= 0.3 is 0 Å². The molecule has 2 N–H and O–H groups in total. The van der Waals surface area contributed by atoms with E-state index in [9.17, 15) is 24.6 Å². The summed E-state index contributed by atoms with van der Waals surface area (Å²) >= 11 is 0. The molecule has 1 heterocycles. The summed E-state index contributed by atoms with van der Waals surface area (Å²) in [6.45, 7) is 8.94. The van der Waals surface area contributed by atoms with Crippen molar-refractivity contribution in [3.05, 3.63) is 22.7 Å². The van der Waals surface area contributed by atoms with Crippen molar-refractivity contribution in [2.75, 3.05) is 0 Å². The summed E-state index contributed by atoms with van der Waals surface area (Å²) < 4.78 is 5.79. The zero-order valence-electron chi connectivity index (χ0n) is 15.7. The van der Waals surface area contributed by atoms with Gasteiger partial charge in [0.15, 0.2) is 17.1 Å². The lowest BCUT2D eigenvalue weighted by Gasteiger charge is -2.51. The summed E-state index contributed by atoms with van der Waals surface area (Å²) in [4.78, 5) is 39.6. The third kappa shape index (κ3) is 1.45. The number of hydrogen-bond donors (Lipinski definition) is 2. The maximum atomic E-state index is 13.3. The number of aliphatic hydroxyl groups excluding tert-OH is 2. The van der Waals surface area contributed by atoms with Crippen LogP contribution in [0.15, 0.2) is 22.7 Å². The molecule has 3 atom stereocenters. The summed E-state index contributed by atoms with van der Waals surface area (Å²) in [5.74, 6) is -3.74. The van der Waals surface area contributed by atoms with Gasteiger partial charge in [-0.05, 0) is 29.7 Å². The normalized spacial score (nSPS) is 41.2. The zero-order valence-corrected chi connectivity index (χ0v) is 15.7. The van der Waals surface area contributed by atoms with E-state index < -0.39 is 56.8 Å². The first-order valence-corrected chi connectivity index (χ1v) is 9.12. The summed E-state index contributed by atoms with van der Waals surface area (Å²) in [6.07, 6.45) is 2.01. The van der Waals surface area contributed by atoms with E-state index in [1.807, 2.05) is 13.8 Å². The highest BCUT2D eigenvalue weighted by atomic mass is 16.7. The van der Waals surface area contributed by atoms with Gasteiger partial charge in [0.2, 0.25) is 23.0 Å². The quantitative estimate of drug-likeness (QED) is 0.550. The van der Waals surface area contributed by atoms with Crippen molar-refractivity contribution in [3.8, 4) is 0 Å². The lowest BCUT2D eigenvalue weighted by atomic mass is 9.47. The molecule has 4 rings (SSSR count). The molecule has 1 saturated heterocycles. The number of rotatable bonds is 1. The molecule has 0 aromatic heterocycles. The van der Waals surface area contributed by atoms with E-state index in [1.165, 1.54) is 0 Å². The number of epoxide rings is 1. The molecule has 140 valence electrons. The van der Waals surface area contributed by atoms with Crippen LogP contribution in [0.2, 0.25) is 0 Å². The Labute approximate surface area is 151 Å². The van der Waals surface area contributed by atoms with Gasteiger partial charge in [-0.1, -0.05) is 41.0 Å². The van der Waals surface area contributed by atoms with Crippen molar-refractivity contribution in [1.29, 1.82) is 0 Å². The largest absolute Gasteiger partial charge is 0.504 e. The van der Waals surface area contributed by atoms with Crippen LogP contribution in [-0.4, -0.2) is 38.8 Å². The van der Waals surface area contributed by atoms with Crippen LogP contribution in [0.3, 0.4) is 0 Å². The van der Waals surface area contributed by atoms with Crippen LogP contribution >= 0.6 is 0 Å². The first kappa shape index (κ1) is 17.5. The van der Waals surface area contributed by atoms with Crippen LogP contribution in [0.4, 0.5) is 0 Å². The lowest BCUT2D eigenvalue weighted by molar-refractivity contribution is -0.138. The van der Waals surface area contributed by atoms with E-state index in [1.54, 1.807) is 20.8 Å². The maximum Gasteiger partial charge on any atom is 0.240 e. The highest BCUT2D eigenvalue weighted by Gasteiger charge is 2.93. The Hall–Kier alpha value is -1.95. The first-order valence-electron chi connectivity index (χ1n) is 9.12. The van der Waals surface area contributed by atoms with Gasteiger partial charge in [0, 0.05) is 11.0 Å². The van der Waals surface area contributed by atoms with Crippen LogP contribution in [0, 0.1) is 16.7 Å². The molecule has 0 bridgehead atoms. The average molecular weight is 360 g/mol. The third-order valence-electron chi connectivity index (χ3n) is 6.95. The molecule has 0 aromatic carbocycles. The Morgan fingerprint density at radius 1 is 0.923 bits per heavy atom. The fourth-order valence-electron chi connectivity index (χ4n) is 5.89. The van der Waals surface area contributed by atoms with Gasteiger partial charge in [-0.15, -0.1) is 0 Å². The Morgan fingerprint density at radius 3 is 2.12 bits per heavy atom. The number of carbonyl (C=O) groups is 3. The number of fused-ring (bicyclic) bond motifs is 1. The Bertz CT molecular complexity index is 860. The highest BCUT2D eigenvalue weighted by Crippen LogP contribution is 2.73. The van der Waals surface area contributed by atoms with Crippen molar-refractivity contribution < 1.29 is 29.3 Å². The monoisotopic (exact) mass is 360 g/mol. The van der Waals surface area contributed by atoms with E-state index in [0.717, 1.165) is 12.8 Å². The predicted molar refractivity (Wildman–Crippen MR) is 91.5 cm³/mol. The van der Waals surface area contributed by atoms with Gasteiger partial charge in [0.1, 0.15) is 0 Å². The van der Waals surface area contributed by atoms with Crippen molar-refractivity contribution in [2.24, 2.45) is 16.7 Å². The zero-order chi connectivity index (χ0) is 19.4. The van der Waals surface area contributed by atoms with Crippen LogP contribution in [0.5, 0.6) is 0 Å². The van der Waals surface area contributed by atoms with E-state index in [-0.39, 0.29) is 5.57 Å². The van der Waals surface area contributed by atoms with Crippen LogP contribution in [-0.2, 0) is 19.1 Å². The van der Waals surface area contributed by atoms with Gasteiger partial charge in [-0.25, -0.2) is 0 Å². The Kier molecular flexibility index (Phi) is 3.00. The van der Waals surface area contributed by atoms with E-state index in [4.69, 9.17) is 4.74 Å². The fraction of sp³-hybridized carbons (Fsp3) is 0.650. The Morgan fingerprint density at radius 2 is 1.54 bits per heavy atom. The SMILES string of the molecule is CC(C)C1=C(O)C(=O)[C@]23O[C@]2(C(=O)C(O)=C2C(C)(C)CCC[C@]23C)C1=O. The second kappa shape index (κ2) is 4.47. The summed E-state index contributed by atoms with van der Waals surface area (Å²) in [5.41, 5.74) is -4.92. The first-order chi connectivity index (χ1) is 11.9. The molecular weight excluding hydrogens is 336 g/mol. The molecule has 1 aliphatic heterocycles. The van der Waals surface area contributed by atoms with E-state index in [0.29, 0.717) is 12.0 Å². The molecule has 0 aromatic rings. The minimum atomic E-state index is -2.02. The molecule has 3 aliphatic carbocycles. The van der Waals surface area contributed by atoms with Gasteiger partial charge in [0.05, 0.1) is 0 Å². The molecule has 6 heteroatoms. The molecule has 4 aliphatic rings. The minimum absolute atomic E-state index is 0.0913. The number of Topliss-reactive ketones (excluding diaryl/α,β-unsaturated/α-hetero) is 3. The van der Waals surface area contributed by atoms with Gasteiger partial charge in [-0.3, -0.25) is 14.4 Å². The van der Waals surface area contributed by atoms with Crippen molar-refractivity contribution >= 4 is 17.3 Å². The molecule has 0 spiro atoms. The molecule has 0 unspecified atom stereocenters. The van der Waals surface area contributed by atoms with E-state index >= 15 is 0 Å². The molecular formula is C20H24O6. The number of ether oxygens (including phenoxy) is 1. The minimum Gasteiger partial charge on any atom is -0.504 e. The smallest absolute Gasteiger partial charge is 0.240 e. The lowest BCUT2D eigenvalue weighted by Crippen LogP contribution is -2.63. The molecule has 0 radical (unpaired) electrons. The standard InChI is InChI=1S/C20H24O6/c1-9(2)10-11(21)16(25)20-18(5)8-6-7-17(3,4)13(18)12(22)15(24)19(20,26-20)14(10)23/h9,21-22H,6-8H2,1-5H3/t18-,19+,20-/m1/s1. The van der Waals surface area contributed by atoms with E-state index in [2.05, 4.69) is 0 Å². The van der Waals surface area contributed by atoms with Gasteiger partial charge in [0.25, 0.3) is 0 Å². The molecule has 26 heavy (non-hydrogen) atoms.